The molecule has 314 valence electrons. The molecule has 0 spiro atoms. The van der Waals surface area contributed by atoms with Crippen molar-refractivity contribution < 1.29 is 38.1 Å². The first kappa shape index (κ1) is 41.4. The predicted octanol–water partition coefficient (Wildman–Crippen LogP) is 8.71. The van der Waals surface area contributed by atoms with Gasteiger partial charge in [-0.15, -0.1) is 0 Å². The molecule has 0 aliphatic carbocycles. The molecular weight excluding hydrogens is 774 g/mol. The summed E-state index contributed by atoms with van der Waals surface area (Å²) in [6.45, 7) is 3.03. The van der Waals surface area contributed by atoms with Crippen LogP contribution in [0.25, 0.3) is 10.9 Å². The molecular formula is C50H51FN3O7+. The number of ketones is 1. The largest absolute Gasteiger partial charge is 0.506 e. The highest BCUT2D eigenvalue weighted by Crippen LogP contribution is 2.37. The van der Waals surface area contributed by atoms with Crippen molar-refractivity contribution in [3.8, 4) is 11.5 Å². The lowest BCUT2D eigenvalue weighted by molar-refractivity contribution is -0.938. The number of aromatic hydroxyl groups is 1. The van der Waals surface area contributed by atoms with E-state index in [2.05, 4.69) is 22.4 Å². The van der Waals surface area contributed by atoms with E-state index in [1.165, 1.54) is 24.3 Å². The summed E-state index contributed by atoms with van der Waals surface area (Å²) >= 11 is 0. The lowest BCUT2D eigenvalue weighted by Crippen LogP contribution is -2.66. The number of hydrogen-bond donors (Lipinski definition) is 4. The summed E-state index contributed by atoms with van der Waals surface area (Å²) < 4.78 is 27.6. The van der Waals surface area contributed by atoms with Gasteiger partial charge in [-0.05, 0) is 83.5 Å². The number of carbonyl (C=O) groups excluding carboxylic acids is 2. The Morgan fingerprint density at radius 2 is 1.59 bits per heavy atom. The number of piperidine rings is 3. The van der Waals surface area contributed by atoms with Gasteiger partial charge in [0.15, 0.2) is 6.10 Å². The zero-order valence-corrected chi connectivity index (χ0v) is 34.0. The molecule has 1 unspecified atom stereocenters. The molecule has 0 radical (unpaired) electrons. The van der Waals surface area contributed by atoms with Crippen molar-refractivity contribution >= 4 is 22.8 Å². The summed E-state index contributed by atoms with van der Waals surface area (Å²) in [6.07, 6.45) is 3.04. The van der Waals surface area contributed by atoms with E-state index < -0.39 is 24.1 Å². The number of phenols is 1. The number of aryl methyl sites for hydroxylation is 1. The molecule has 5 aromatic carbocycles. The normalized spacial score (nSPS) is 19.2. The van der Waals surface area contributed by atoms with Crippen LogP contribution in [0.2, 0.25) is 0 Å². The van der Waals surface area contributed by atoms with Gasteiger partial charge < -0.3 is 34.5 Å². The van der Waals surface area contributed by atoms with Crippen LogP contribution in [0.4, 0.5) is 9.18 Å². The number of fused-ring (bicyclic) bond motifs is 4. The molecule has 3 saturated heterocycles. The van der Waals surface area contributed by atoms with E-state index in [0.29, 0.717) is 69.5 Å². The number of aliphatic hydroxyl groups is 1. The zero-order chi connectivity index (χ0) is 42.3. The Bertz CT molecular complexity index is 2550. The number of aromatic amines is 1. The Hall–Kier alpha value is -6.30. The standard InChI is InChI=1S/C50H50FN3O7/c51-39-16-7-14-37(28-39)48(53-50(59)61-46-31-54(25-23-36(46)24-26-54)30-45(57)35-12-2-1-3-13-35)38-15-8-17-40(29-38)60-32-34-11-6-10-33(27-34)9-4-5-18-43(55)41-19-21-44(56)49-42(41)20-22-47(58)52-49/h1-3,6-8,10-17,19-22,27-29,36,43,46,48,55H,4-5,9,18,23-26,30-32H2,(H2-,52,53,56,58,59)/p+1/t36?,43-,46-,48?,54?/m0/s1. The summed E-state index contributed by atoms with van der Waals surface area (Å²) in [5.41, 5.74) is 4.76. The van der Waals surface area contributed by atoms with Crippen LogP contribution < -0.4 is 15.6 Å². The summed E-state index contributed by atoms with van der Waals surface area (Å²) in [7, 11) is 0. The van der Waals surface area contributed by atoms with Crippen LogP contribution in [-0.2, 0) is 17.8 Å². The van der Waals surface area contributed by atoms with E-state index in [-0.39, 0.29) is 29.1 Å². The number of nitrogens with one attached hydrogen (secondary N) is 2. The number of aliphatic hydroxyl groups excluding tert-OH is 1. The quantitative estimate of drug-likeness (QED) is 0.0436. The number of aromatic nitrogens is 1. The van der Waals surface area contributed by atoms with E-state index in [4.69, 9.17) is 9.47 Å². The van der Waals surface area contributed by atoms with Crippen LogP contribution in [0, 0.1) is 11.7 Å². The van der Waals surface area contributed by atoms with E-state index >= 15 is 0 Å². The third-order valence-corrected chi connectivity index (χ3v) is 12.4. The number of rotatable bonds is 16. The Kier molecular flexibility index (Phi) is 12.6. The molecule has 1 amide bonds. The van der Waals surface area contributed by atoms with Gasteiger partial charge in [-0.3, -0.25) is 9.59 Å². The number of Topliss-reactive ketones (excluding diaryl/α,β-unsaturated/α-hetero) is 1. The third kappa shape index (κ3) is 10.0. The van der Waals surface area contributed by atoms with Crippen molar-refractivity contribution in [1.82, 2.24) is 10.3 Å². The maximum absolute atomic E-state index is 14.6. The second-order valence-electron chi connectivity index (χ2n) is 16.6. The van der Waals surface area contributed by atoms with Crippen molar-refractivity contribution in [2.75, 3.05) is 26.2 Å². The van der Waals surface area contributed by atoms with Gasteiger partial charge in [-0.25, -0.2) is 9.18 Å². The fraction of sp³-hybridized carbons (Fsp3) is 0.300. The lowest BCUT2D eigenvalue weighted by atomic mass is 9.83. The first-order chi connectivity index (χ1) is 29.6. The topological polar surface area (TPSA) is 138 Å². The van der Waals surface area contributed by atoms with Crippen LogP contribution in [0.3, 0.4) is 0 Å². The summed E-state index contributed by atoms with van der Waals surface area (Å²) in [5.74, 6) is 0.454. The fourth-order valence-electron chi connectivity index (χ4n) is 9.13. The first-order valence-electron chi connectivity index (χ1n) is 21.1. The molecule has 3 aliphatic rings. The molecule has 11 heteroatoms. The predicted molar refractivity (Wildman–Crippen MR) is 231 cm³/mol. The third-order valence-electron chi connectivity index (χ3n) is 12.4. The van der Waals surface area contributed by atoms with E-state index in [9.17, 15) is 29.0 Å². The van der Waals surface area contributed by atoms with Crippen molar-refractivity contribution in [3.05, 3.63) is 177 Å². The number of quaternary nitrogens is 1. The maximum atomic E-state index is 14.6. The number of alkyl carbamates (subject to hydrolysis) is 1. The number of pyridine rings is 1. The number of benzene rings is 5. The van der Waals surface area contributed by atoms with Gasteiger partial charge >= 0.3 is 6.09 Å². The van der Waals surface area contributed by atoms with Gasteiger partial charge in [0.1, 0.15) is 37.0 Å². The molecule has 3 aliphatic heterocycles. The number of carbonyl (C=O) groups is 2. The molecule has 6 aromatic rings. The van der Waals surface area contributed by atoms with Gasteiger partial charge in [-0.2, -0.15) is 0 Å². The smallest absolute Gasteiger partial charge is 0.408 e. The highest BCUT2D eigenvalue weighted by molar-refractivity contribution is 5.97. The molecule has 0 saturated carbocycles. The molecule has 9 rings (SSSR count). The number of amides is 1. The van der Waals surface area contributed by atoms with Gasteiger partial charge in [0.2, 0.25) is 11.3 Å². The second-order valence-corrected chi connectivity index (χ2v) is 16.6. The molecule has 10 nitrogen and oxygen atoms in total. The number of ether oxygens (including phenoxy) is 2. The Labute approximate surface area is 354 Å². The van der Waals surface area contributed by atoms with Crippen molar-refractivity contribution in [2.24, 2.45) is 5.92 Å². The van der Waals surface area contributed by atoms with Crippen LogP contribution >= 0.6 is 0 Å². The Morgan fingerprint density at radius 3 is 2.39 bits per heavy atom. The Balaban J connectivity index is 0.876. The minimum absolute atomic E-state index is 0.0342. The van der Waals surface area contributed by atoms with Crippen LogP contribution in [0.15, 0.2) is 132 Å². The second kappa shape index (κ2) is 18.5. The molecule has 4 heterocycles. The maximum Gasteiger partial charge on any atom is 0.408 e. The zero-order valence-electron chi connectivity index (χ0n) is 34.0. The molecule has 3 fully saturated rings. The molecule has 4 N–H and O–H groups in total. The molecule has 61 heavy (non-hydrogen) atoms. The van der Waals surface area contributed by atoms with Crippen LogP contribution in [-0.4, -0.2) is 63.8 Å². The van der Waals surface area contributed by atoms with Crippen molar-refractivity contribution in [1.29, 1.82) is 0 Å². The monoisotopic (exact) mass is 824 g/mol. The Morgan fingerprint density at radius 1 is 0.836 bits per heavy atom. The molecule has 2 bridgehead atoms. The van der Waals surface area contributed by atoms with Crippen LogP contribution in [0.5, 0.6) is 11.5 Å². The number of nitrogens with zero attached hydrogens (tertiary/aromatic N) is 1. The number of hydrogen-bond acceptors (Lipinski definition) is 7. The van der Waals surface area contributed by atoms with Gasteiger partial charge in [0.05, 0.1) is 30.8 Å². The number of H-pyrrole nitrogens is 1. The van der Waals surface area contributed by atoms with Gasteiger partial charge in [-0.1, -0.05) is 91.3 Å². The van der Waals surface area contributed by atoms with E-state index in [1.54, 1.807) is 24.3 Å². The number of phenolic OH excluding ortho intramolecular Hbond substituents is 1. The average molecular weight is 825 g/mol. The fourth-order valence-corrected chi connectivity index (χ4v) is 9.13. The van der Waals surface area contributed by atoms with Crippen LogP contribution in [0.1, 0.15) is 82.4 Å². The lowest BCUT2D eigenvalue weighted by Gasteiger charge is -2.51. The van der Waals surface area contributed by atoms with Gasteiger partial charge in [0.25, 0.3) is 0 Å². The van der Waals surface area contributed by atoms with Crippen molar-refractivity contribution in [3.63, 3.8) is 0 Å². The highest BCUT2D eigenvalue weighted by Gasteiger charge is 2.48. The average Bonchev–Trinajstić information content (AvgIpc) is 3.27. The molecule has 3 atom stereocenters. The summed E-state index contributed by atoms with van der Waals surface area (Å²) in [4.78, 5) is 41.4. The number of unbranched alkanes of at least 4 members (excludes halogenated alkanes) is 1. The minimum atomic E-state index is -0.742. The summed E-state index contributed by atoms with van der Waals surface area (Å²) in [6, 6.07) is 36.6. The highest BCUT2D eigenvalue weighted by atomic mass is 19.1. The number of halogens is 1. The van der Waals surface area contributed by atoms with E-state index in [1.807, 2.05) is 66.7 Å². The first-order valence-corrected chi connectivity index (χ1v) is 21.1. The van der Waals surface area contributed by atoms with E-state index in [0.717, 1.165) is 56.3 Å². The SMILES string of the molecule is O=C(NC(c1cccc(F)c1)c1cccc(OCc2cccc(CCCC[C@H](O)c3ccc(O)c4[nH]c(=O)ccc34)c2)c1)O[C@H]1C[N+]2(CC(=O)c3ccccc3)CCC1CC2. The minimum Gasteiger partial charge on any atom is -0.506 e. The van der Waals surface area contributed by atoms with Crippen molar-refractivity contribution in [2.45, 2.75) is 63.4 Å². The van der Waals surface area contributed by atoms with Gasteiger partial charge in [0, 0.05) is 35.8 Å². The summed E-state index contributed by atoms with van der Waals surface area (Å²) in [5, 5.41) is 24.8. The molecule has 1 aromatic heterocycles.